The third-order valence-corrected chi connectivity index (χ3v) is 5.58. The summed E-state index contributed by atoms with van der Waals surface area (Å²) in [5.74, 6) is 2.86. The van der Waals surface area contributed by atoms with Crippen LogP contribution in [-0.2, 0) is 11.2 Å². The molecule has 1 fully saturated rings. The lowest BCUT2D eigenvalue weighted by Gasteiger charge is -2.29. The molecule has 0 aromatic carbocycles. The summed E-state index contributed by atoms with van der Waals surface area (Å²) in [7, 11) is 0. The van der Waals surface area contributed by atoms with Crippen LogP contribution in [0.4, 0.5) is 5.82 Å². The number of nitrogens with one attached hydrogen (secondary N) is 1. The van der Waals surface area contributed by atoms with Gasteiger partial charge in [-0.1, -0.05) is 11.2 Å². The van der Waals surface area contributed by atoms with Gasteiger partial charge in [0.2, 0.25) is 5.88 Å². The fraction of sp³-hybridized carbons (Fsp3) is 0.389. The lowest BCUT2D eigenvalue weighted by molar-refractivity contribution is 0.233. The Hall–Kier alpha value is -2.32. The Labute approximate surface area is 155 Å². The first-order valence-corrected chi connectivity index (χ1v) is 10.2. The van der Waals surface area contributed by atoms with E-state index >= 15 is 0 Å². The van der Waals surface area contributed by atoms with Crippen LogP contribution in [0.15, 0.2) is 30.6 Å². The molecule has 1 aliphatic heterocycles. The summed E-state index contributed by atoms with van der Waals surface area (Å²) in [4.78, 5) is 11.0. The normalized spacial score (nSPS) is 15.8. The molecule has 0 unspecified atom stereocenters. The second-order valence-corrected chi connectivity index (χ2v) is 8.24. The van der Waals surface area contributed by atoms with E-state index in [-0.39, 0.29) is 6.10 Å². The summed E-state index contributed by atoms with van der Waals surface area (Å²) >= 11 is -0.704. The van der Waals surface area contributed by atoms with Gasteiger partial charge in [-0.05, 0) is 26.0 Å². The number of H-pyrrole nitrogens is 1. The van der Waals surface area contributed by atoms with Crippen molar-refractivity contribution in [2.45, 2.75) is 20.0 Å². The average molecular weight is 371 g/mol. The molecule has 3 aromatic heterocycles. The van der Waals surface area contributed by atoms with E-state index in [1.807, 2.05) is 32.0 Å². The van der Waals surface area contributed by atoms with Crippen molar-refractivity contribution in [3.8, 4) is 17.1 Å². The first-order valence-electron chi connectivity index (χ1n) is 8.67. The van der Waals surface area contributed by atoms with Crippen LogP contribution in [0.2, 0.25) is 0 Å². The molecule has 26 heavy (non-hydrogen) atoms. The van der Waals surface area contributed by atoms with Crippen LogP contribution < -0.4 is 9.64 Å². The fourth-order valence-corrected chi connectivity index (χ4v) is 4.08. The van der Waals surface area contributed by atoms with Gasteiger partial charge >= 0.3 is 0 Å². The number of nitrogens with zero attached hydrogens (tertiary/aromatic N) is 4. The van der Waals surface area contributed by atoms with Crippen molar-refractivity contribution in [3.05, 3.63) is 30.6 Å². The third kappa shape index (κ3) is 3.47. The van der Waals surface area contributed by atoms with Gasteiger partial charge in [0.1, 0.15) is 23.0 Å². The van der Waals surface area contributed by atoms with Crippen LogP contribution in [0.3, 0.4) is 0 Å². The van der Waals surface area contributed by atoms with Gasteiger partial charge in [-0.15, -0.1) is 0 Å². The Balaban J connectivity index is 1.68. The number of aromatic nitrogens is 4. The summed E-state index contributed by atoms with van der Waals surface area (Å²) in [6.45, 7) is 5.48. The molecule has 1 saturated heterocycles. The first kappa shape index (κ1) is 17.1. The molecule has 0 bridgehead atoms. The Morgan fingerprint density at radius 1 is 1.23 bits per heavy atom. The molecule has 1 aliphatic rings. The zero-order valence-corrected chi connectivity index (χ0v) is 15.6. The van der Waals surface area contributed by atoms with Crippen LogP contribution in [-0.4, -0.2) is 55.4 Å². The highest BCUT2D eigenvalue weighted by atomic mass is 32.2. The van der Waals surface area contributed by atoms with E-state index in [2.05, 4.69) is 25.1 Å². The molecule has 0 amide bonds. The van der Waals surface area contributed by atoms with Crippen LogP contribution in [0, 0.1) is 0 Å². The van der Waals surface area contributed by atoms with Gasteiger partial charge in [-0.25, -0.2) is 9.97 Å². The monoisotopic (exact) mass is 371 g/mol. The van der Waals surface area contributed by atoms with Crippen LogP contribution >= 0.6 is 0 Å². The minimum Gasteiger partial charge on any atom is -0.616 e. The van der Waals surface area contributed by atoms with Crippen molar-refractivity contribution in [1.29, 1.82) is 0 Å². The number of aromatic amines is 1. The molecule has 3 aromatic rings. The van der Waals surface area contributed by atoms with E-state index in [1.165, 1.54) is 0 Å². The van der Waals surface area contributed by atoms with Gasteiger partial charge < -0.3 is 14.2 Å². The molecule has 136 valence electrons. The smallest absolute Gasteiger partial charge is 0.214 e. The number of anilines is 1. The van der Waals surface area contributed by atoms with E-state index < -0.39 is 11.2 Å². The predicted molar refractivity (Wildman–Crippen MR) is 103 cm³/mol. The molecular formula is C18H21N5O2S. The van der Waals surface area contributed by atoms with Gasteiger partial charge in [0.05, 0.1) is 30.9 Å². The molecule has 8 heteroatoms. The topological polar surface area (TPSA) is 90.0 Å². The van der Waals surface area contributed by atoms with E-state index in [0.717, 1.165) is 41.1 Å². The zero-order chi connectivity index (χ0) is 18.1. The van der Waals surface area contributed by atoms with E-state index in [0.29, 0.717) is 17.4 Å². The molecule has 1 N–H and O–H groups in total. The predicted octanol–water partition coefficient (Wildman–Crippen LogP) is 2.38. The standard InChI is InChI=1S/C18H21N5O2S/c1-12(2)25-17-10-14-15(11-20-17)21-22-18(14)13-3-4-19-16(9-13)23-5-7-26(24)8-6-23/h3-4,9-12H,5-8H2,1-2H3,(H,21,22). The maximum Gasteiger partial charge on any atom is 0.214 e. The summed E-state index contributed by atoms with van der Waals surface area (Å²) in [5.41, 5.74) is 2.69. The molecule has 0 aliphatic carbocycles. The summed E-state index contributed by atoms with van der Waals surface area (Å²) in [5, 5.41) is 8.46. The quantitative estimate of drug-likeness (QED) is 0.708. The van der Waals surface area contributed by atoms with Gasteiger partial charge in [0, 0.05) is 23.2 Å². The molecule has 0 radical (unpaired) electrons. The maximum absolute atomic E-state index is 11.6. The van der Waals surface area contributed by atoms with Crippen molar-refractivity contribution in [2.75, 3.05) is 29.5 Å². The van der Waals surface area contributed by atoms with E-state index in [1.54, 1.807) is 12.4 Å². The SMILES string of the molecule is CC(C)Oc1cc2c(-c3ccnc(N4CC[S+]([O-])CC4)c3)n[nH]c2cn1. The second-order valence-electron chi connectivity index (χ2n) is 6.54. The lowest BCUT2D eigenvalue weighted by atomic mass is 10.1. The molecule has 4 heterocycles. The third-order valence-electron chi connectivity index (χ3n) is 4.30. The Morgan fingerprint density at radius 3 is 2.81 bits per heavy atom. The summed E-state index contributed by atoms with van der Waals surface area (Å²) < 4.78 is 17.3. The highest BCUT2D eigenvalue weighted by molar-refractivity contribution is 7.91. The highest BCUT2D eigenvalue weighted by Crippen LogP contribution is 2.30. The maximum atomic E-state index is 11.6. The fourth-order valence-electron chi connectivity index (χ4n) is 3.03. The van der Waals surface area contributed by atoms with Gasteiger partial charge in [-0.2, -0.15) is 5.10 Å². The number of fused-ring (bicyclic) bond motifs is 1. The Bertz CT molecular complexity index is 905. The molecule has 0 atom stereocenters. The average Bonchev–Trinajstić information content (AvgIpc) is 3.05. The number of rotatable bonds is 4. The molecule has 0 saturated carbocycles. The van der Waals surface area contributed by atoms with Crippen molar-refractivity contribution < 1.29 is 9.29 Å². The van der Waals surface area contributed by atoms with Crippen LogP contribution in [0.1, 0.15) is 13.8 Å². The van der Waals surface area contributed by atoms with Crippen molar-refractivity contribution in [2.24, 2.45) is 0 Å². The number of hydrogen-bond donors (Lipinski definition) is 1. The summed E-state index contributed by atoms with van der Waals surface area (Å²) in [6.07, 6.45) is 3.60. The largest absolute Gasteiger partial charge is 0.616 e. The van der Waals surface area contributed by atoms with Gasteiger partial charge in [0.25, 0.3) is 0 Å². The lowest BCUT2D eigenvalue weighted by Crippen LogP contribution is -2.40. The number of pyridine rings is 2. The molecule has 0 spiro atoms. The Morgan fingerprint density at radius 2 is 2.04 bits per heavy atom. The zero-order valence-electron chi connectivity index (χ0n) is 14.8. The van der Waals surface area contributed by atoms with E-state index in [4.69, 9.17) is 4.74 Å². The highest BCUT2D eigenvalue weighted by Gasteiger charge is 2.21. The first-order chi connectivity index (χ1) is 12.6. The van der Waals surface area contributed by atoms with Crippen molar-refractivity contribution >= 4 is 27.9 Å². The molecular weight excluding hydrogens is 350 g/mol. The molecule has 4 rings (SSSR count). The van der Waals surface area contributed by atoms with Crippen molar-refractivity contribution in [3.63, 3.8) is 0 Å². The Kier molecular flexibility index (Phi) is 4.69. The van der Waals surface area contributed by atoms with E-state index in [9.17, 15) is 4.55 Å². The summed E-state index contributed by atoms with van der Waals surface area (Å²) in [6, 6.07) is 5.90. The van der Waals surface area contributed by atoms with Gasteiger partial charge in [-0.3, -0.25) is 5.10 Å². The van der Waals surface area contributed by atoms with Crippen LogP contribution in [0.25, 0.3) is 22.2 Å². The minimum absolute atomic E-state index is 0.0625. The number of ether oxygens (including phenoxy) is 1. The van der Waals surface area contributed by atoms with Gasteiger partial charge in [0.15, 0.2) is 0 Å². The molecule has 7 nitrogen and oxygen atoms in total. The minimum atomic E-state index is -0.704. The number of hydrogen-bond acceptors (Lipinski definition) is 6. The van der Waals surface area contributed by atoms with Crippen molar-refractivity contribution in [1.82, 2.24) is 20.2 Å². The second kappa shape index (κ2) is 7.13. The van der Waals surface area contributed by atoms with Crippen LogP contribution in [0.5, 0.6) is 5.88 Å².